The maximum Gasteiger partial charge on any atom is 0.257 e. The Hall–Kier alpha value is -3.08. The van der Waals surface area contributed by atoms with Crippen LogP contribution >= 0.6 is 0 Å². The van der Waals surface area contributed by atoms with Gasteiger partial charge in [-0.1, -0.05) is 25.1 Å². The van der Waals surface area contributed by atoms with Crippen molar-refractivity contribution in [1.82, 2.24) is 4.57 Å². The van der Waals surface area contributed by atoms with Crippen molar-refractivity contribution < 1.29 is 9.59 Å². The van der Waals surface area contributed by atoms with Crippen LogP contribution in [-0.2, 0) is 11.8 Å². The Labute approximate surface area is 140 Å². The molecular formula is C19H19N3O2. The second-order valence-corrected chi connectivity index (χ2v) is 5.60. The van der Waals surface area contributed by atoms with Gasteiger partial charge in [-0.2, -0.15) is 0 Å². The monoisotopic (exact) mass is 321 g/mol. The Morgan fingerprint density at radius 1 is 0.958 bits per heavy atom. The van der Waals surface area contributed by atoms with Crippen LogP contribution in [0.5, 0.6) is 0 Å². The fraction of sp³-hybridized carbons (Fsp3) is 0.158. The summed E-state index contributed by atoms with van der Waals surface area (Å²) in [6, 6.07) is 14.9. The molecule has 1 heterocycles. The molecule has 0 spiro atoms. The van der Waals surface area contributed by atoms with E-state index in [9.17, 15) is 9.59 Å². The van der Waals surface area contributed by atoms with Gasteiger partial charge >= 0.3 is 0 Å². The molecule has 0 radical (unpaired) electrons. The highest BCUT2D eigenvalue weighted by Crippen LogP contribution is 2.22. The number of amides is 2. The van der Waals surface area contributed by atoms with Gasteiger partial charge in [-0.05, 0) is 30.3 Å². The molecule has 5 nitrogen and oxygen atoms in total. The maximum absolute atomic E-state index is 12.6. The van der Waals surface area contributed by atoms with Crippen molar-refractivity contribution in [3.63, 3.8) is 0 Å². The SMILES string of the molecule is CCC(=O)Nc1ccc(NC(=O)c2cn(C)c3ccccc23)cc1. The summed E-state index contributed by atoms with van der Waals surface area (Å²) in [5.74, 6) is -0.195. The van der Waals surface area contributed by atoms with Crippen molar-refractivity contribution in [2.45, 2.75) is 13.3 Å². The number of aromatic nitrogens is 1. The van der Waals surface area contributed by atoms with Crippen LogP contribution in [0.3, 0.4) is 0 Å². The zero-order valence-electron chi connectivity index (χ0n) is 13.7. The highest BCUT2D eigenvalue weighted by molar-refractivity contribution is 6.13. The van der Waals surface area contributed by atoms with Crippen molar-refractivity contribution in [1.29, 1.82) is 0 Å². The van der Waals surface area contributed by atoms with E-state index >= 15 is 0 Å². The van der Waals surface area contributed by atoms with Gasteiger partial charge in [-0.15, -0.1) is 0 Å². The van der Waals surface area contributed by atoms with E-state index in [0.717, 1.165) is 10.9 Å². The largest absolute Gasteiger partial charge is 0.350 e. The number of benzene rings is 2. The number of para-hydroxylation sites is 1. The third-order valence-corrected chi connectivity index (χ3v) is 3.89. The molecule has 2 aromatic carbocycles. The van der Waals surface area contributed by atoms with Crippen LogP contribution < -0.4 is 10.6 Å². The summed E-state index contributed by atoms with van der Waals surface area (Å²) in [5, 5.41) is 6.59. The molecule has 2 amide bonds. The molecule has 5 heteroatoms. The van der Waals surface area contributed by atoms with Gasteiger partial charge in [-0.3, -0.25) is 9.59 Å². The van der Waals surface area contributed by atoms with Crippen molar-refractivity contribution in [2.75, 3.05) is 10.6 Å². The first kappa shape index (κ1) is 15.8. The highest BCUT2D eigenvalue weighted by Gasteiger charge is 2.13. The number of nitrogens with zero attached hydrogens (tertiary/aromatic N) is 1. The topological polar surface area (TPSA) is 63.1 Å². The molecule has 0 unspecified atom stereocenters. The van der Waals surface area contributed by atoms with Crippen molar-refractivity contribution in [3.8, 4) is 0 Å². The van der Waals surface area contributed by atoms with E-state index < -0.39 is 0 Å². The molecule has 2 N–H and O–H groups in total. The molecule has 1 aromatic heterocycles. The summed E-state index contributed by atoms with van der Waals surface area (Å²) in [6.07, 6.45) is 2.26. The lowest BCUT2D eigenvalue weighted by Crippen LogP contribution is -2.12. The average Bonchev–Trinajstić information content (AvgIpc) is 2.94. The van der Waals surface area contributed by atoms with E-state index in [1.165, 1.54) is 0 Å². The molecule has 122 valence electrons. The Bertz CT molecular complexity index is 895. The van der Waals surface area contributed by atoms with E-state index in [4.69, 9.17) is 0 Å². The number of carbonyl (C=O) groups is 2. The second-order valence-electron chi connectivity index (χ2n) is 5.60. The van der Waals surface area contributed by atoms with Crippen LogP contribution in [0.4, 0.5) is 11.4 Å². The lowest BCUT2D eigenvalue weighted by molar-refractivity contribution is -0.115. The number of anilines is 2. The minimum atomic E-state index is -0.155. The number of nitrogens with one attached hydrogen (secondary N) is 2. The third kappa shape index (κ3) is 3.15. The van der Waals surface area contributed by atoms with E-state index in [0.29, 0.717) is 23.4 Å². The van der Waals surface area contributed by atoms with E-state index in [1.54, 1.807) is 31.2 Å². The molecule has 0 aliphatic rings. The van der Waals surface area contributed by atoms with Crippen LogP contribution in [-0.4, -0.2) is 16.4 Å². The lowest BCUT2D eigenvalue weighted by Gasteiger charge is -2.07. The Balaban J connectivity index is 1.78. The Morgan fingerprint density at radius 2 is 1.58 bits per heavy atom. The highest BCUT2D eigenvalue weighted by atomic mass is 16.2. The number of rotatable bonds is 4. The third-order valence-electron chi connectivity index (χ3n) is 3.89. The number of fused-ring (bicyclic) bond motifs is 1. The molecule has 0 fully saturated rings. The van der Waals surface area contributed by atoms with Gasteiger partial charge in [0.25, 0.3) is 5.91 Å². The first-order valence-corrected chi connectivity index (χ1v) is 7.84. The molecule has 3 rings (SSSR count). The van der Waals surface area contributed by atoms with Crippen molar-refractivity contribution >= 4 is 34.1 Å². The summed E-state index contributed by atoms with van der Waals surface area (Å²) in [7, 11) is 1.92. The summed E-state index contributed by atoms with van der Waals surface area (Å²) >= 11 is 0. The molecule has 0 aliphatic carbocycles. The van der Waals surface area contributed by atoms with Gasteiger partial charge in [0.1, 0.15) is 0 Å². The molecule has 3 aromatic rings. The molecule has 0 saturated carbocycles. The number of hydrogen-bond donors (Lipinski definition) is 2. The van der Waals surface area contributed by atoms with E-state index in [-0.39, 0.29) is 11.8 Å². The predicted molar refractivity (Wildman–Crippen MR) is 96.2 cm³/mol. The quantitative estimate of drug-likeness (QED) is 0.768. The van der Waals surface area contributed by atoms with Crippen LogP contribution in [0.15, 0.2) is 54.7 Å². The smallest absolute Gasteiger partial charge is 0.257 e. The van der Waals surface area contributed by atoms with Crippen LogP contribution in [0.2, 0.25) is 0 Å². The first-order valence-electron chi connectivity index (χ1n) is 7.84. The molecule has 0 bridgehead atoms. The Kier molecular flexibility index (Phi) is 4.33. The molecule has 0 aliphatic heterocycles. The normalized spacial score (nSPS) is 10.6. The molecule has 0 atom stereocenters. The van der Waals surface area contributed by atoms with Gasteiger partial charge in [0.05, 0.1) is 5.56 Å². The van der Waals surface area contributed by atoms with Gasteiger partial charge in [-0.25, -0.2) is 0 Å². The Morgan fingerprint density at radius 3 is 2.25 bits per heavy atom. The van der Waals surface area contributed by atoms with Gasteiger partial charge < -0.3 is 15.2 Å². The zero-order valence-corrected chi connectivity index (χ0v) is 13.7. The predicted octanol–water partition coefficient (Wildman–Crippen LogP) is 3.78. The van der Waals surface area contributed by atoms with Crippen molar-refractivity contribution in [2.24, 2.45) is 7.05 Å². The van der Waals surface area contributed by atoms with E-state index in [1.807, 2.05) is 42.1 Å². The van der Waals surface area contributed by atoms with Gasteiger partial charge in [0.15, 0.2) is 0 Å². The molecular weight excluding hydrogens is 302 g/mol. The lowest BCUT2D eigenvalue weighted by atomic mass is 10.1. The second kappa shape index (κ2) is 6.58. The zero-order chi connectivity index (χ0) is 17.1. The summed E-state index contributed by atoms with van der Waals surface area (Å²) in [4.78, 5) is 23.9. The van der Waals surface area contributed by atoms with Crippen LogP contribution in [0, 0.1) is 0 Å². The van der Waals surface area contributed by atoms with Crippen LogP contribution in [0.25, 0.3) is 10.9 Å². The molecule has 24 heavy (non-hydrogen) atoms. The fourth-order valence-corrected chi connectivity index (χ4v) is 2.61. The van der Waals surface area contributed by atoms with Crippen molar-refractivity contribution in [3.05, 3.63) is 60.3 Å². The first-order chi connectivity index (χ1) is 11.6. The maximum atomic E-state index is 12.6. The van der Waals surface area contributed by atoms with Crippen LogP contribution in [0.1, 0.15) is 23.7 Å². The summed E-state index contributed by atoms with van der Waals surface area (Å²) in [5.41, 5.74) is 3.05. The summed E-state index contributed by atoms with van der Waals surface area (Å²) < 4.78 is 1.94. The number of hydrogen-bond acceptors (Lipinski definition) is 2. The minimum Gasteiger partial charge on any atom is -0.350 e. The van der Waals surface area contributed by atoms with Gasteiger partial charge in [0, 0.05) is 41.9 Å². The minimum absolute atomic E-state index is 0.0393. The standard InChI is InChI=1S/C19H19N3O2/c1-3-18(23)20-13-8-10-14(11-9-13)21-19(24)16-12-22(2)17-7-5-4-6-15(16)17/h4-12H,3H2,1-2H3,(H,20,23)(H,21,24). The average molecular weight is 321 g/mol. The number of carbonyl (C=O) groups excluding carboxylic acids is 2. The fourth-order valence-electron chi connectivity index (χ4n) is 2.61. The number of aryl methyl sites for hydroxylation is 1. The molecule has 0 saturated heterocycles. The van der Waals surface area contributed by atoms with E-state index in [2.05, 4.69) is 10.6 Å². The summed E-state index contributed by atoms with van der Waals surface area (Å²) in [6.45, 7) is 1.80. The van der Waals surface area contributed by atoms with Gasteiger partial charge in [0.2, 0.25) is 5.91 Å².